The van der Waals surface area contributed by atoms with Gasteiger partial charge >= 0.3 is 0 Å². The van der Waals surface area contributed by atoms with Crippen molar-refractivity contribution >= 4 is 5.96 Å². The van der Waals surface area contributed by atoms with Crippen LogP contribution in [0.15, 0.2) is 29.3 Å². The van der Waals surface area contributed by atoms with Crippen LogP contribution >= 0.6 is 0 Å². The van der Waals surface area contributed by atoms with Crippen LogP contribution in [0, 0.1) is 6.92 Å². The molecule has 1 atom stereocenters. The standard InChI is InChI=1S/C19H31N3O/c1-4-20-18(22-14-19(23)11-5-6-12-19)21-13-16(3)17-9-7-15(2)8-10-17/h7-10,16,23H,4-6,11-14H2,1-3H3,(H2,20,21,22). The molecule has 4 heteroatoms. The van der Waals surface area contributed by atoms with Gasteiger partial charge in [-0.25, -0.2) is 0 Å². The van der Waals surface area contributed by atoms with Crippen molar-refractivity contribution < 1.29 is 5.11 Å². The van der Waals surface area contributed by atoms with E-state index in [1.807, 2.05) is 0 Å². The van der Waals surface area contributed by atoms with Crippen molar-refractivity contribution in [3.63, 3.8) is 0 Å². The zero-order valence-corrected chi connectivity index (χ0v) is 14.7. The molecule has 0 radical (unpaired) electrons. The number of nitrogens with zero attached hydrogens (tertiary/aromatic N) is 1. The zero-order valence-electron chi connectivity index (χ0n) is 14.7. The third-order valence-electron chi connectivity index (χ3n) is 4.63. The van der Waals surface area contributed by atoms with Crippen LogP contribution in [0.1, 0.15) is 56.6 Å². The first-order valence-electron chi connectivity index (χ1n) is 8.83. The maximum atomic E-state index is 10.4. The van der Waals surface area contributed by atoms with Gasteiger partial charge < -0.3 is 15.7 Å². The Morgan fingerprint density at radius 3 is 2.48 bits per heavy atom. The van der Waals surface area contributed by atoms with Gasteiger partial charge in [-0.2, -0.15) is 0 Å². The van der Waals surface area contributed by atoms with E-state index in [1.165, 1.54) is 11.1 Å². The number of aliphatic imine (C=N–C) groups is 1. The highest BCUT2D eigenvalue weighted by Gasteiger charge is 2.30. The van der Waals surface area contributed by atoms with Gasteiger partial charge in [-0.15, -0.1) is 0 Å². The van der Waals surface area contributed by atoms with Crippen LogP contribution in [-0.2, 0) is 0 Å². The summed E-state index contributed by atoms with van der Waals surface area (Å²) in [5, 5.41) is 17.1. The molecule has 0 aromatic heterocycles. The molecule has 4 nitrogen and oxygen atoms in total. The number of benzene rings is 1. The van der Waals surface area contributed by atoms with Gasteiger partial charge in [0, 0.05) is 13.1 Å². The molecule has 1 saturated carbocycles. The monoisotopic (exact) mass is 317 g/mol. The van der Waals surface area contributed by atoms with E-state index in [0.29, 0.717) is 12.5 Å². The number of guanidine groups is 1. The van der Waals surface area contributed by atoms with Crippen molar-refractivity contribution in [2.75, 3.05) is 19.6 Å². The maximum absolute atomic E-state index is 10.4. The van der Waals surface area contributed by atoms with Crippen molar-refractivity contribution in [3.8, 4) is 0 Å². The lowest BCUT2D eigenvalue weighted by Crippen LogP contribution is -2.40. The second-order valence-corrected chi connectivity index (χ2v) is 6.82. The normalized spacial score (nSPS) is 18.7. The Balaban J connectivity index is 1.89. The highest BCUT2D eigenvalue weighted by atomic mass is 16.3. The van der Waals surface area contributed by atoms with E-state index in [-0.39, 0.29) is 0 Å². The molecule has 0 heterocycles. The van der Waals surface area contributed by atoms with E-state index < -0.39 is 5.60 Å². The van der Waals surface area contributed by atoms with Crippen LogP contribution in [0.2, 0.25) is 0 Å². The molecule has 1 aromatic rings. The summed E-state index contributed by atoms with van der Waals surface area (Å²) in [5.74, 6) is 1.21. The predicted octanol–water partition coefficient (Wildman–Crippen LogP) is 2.96. The van der Waals surface area contributed by atoms with Crippen LogP contribution in [0.4, 0.5) is 0 Å². The molecule has 1 fully saturated rings. The summed E-state index contributed by atoms with van der Waals surface area (Å²) in [5.41, 5.74) is 2.02. The maximum Gasteiger partial charge on any atom is 0.191 e. The molecule has 0 aliphatic heterocycles. The Morgan fingerprint density at radius 2 is 1.87 bits per heavy atom. The molecule has 23 heavy (non-hydrogen) atoms. The quantitative estimate of drug-likeness (QED) is 0.558. The molecule has 0 bridgehead atoms. The summed E-state index contributed by atoms with van der Waals surface area (Å²) < 4.78 is 0. The Bertz CT molecular complexity index is 504. The molecule has 1 aromatic carbocycles. The second kappa shape index (κ2) is 8.34. The molecular formula is C19H31N3O. The molecule has 1 aliphatic carbocycles. The van der Waals surface area contributed by atoms with Gasteiger partial charge in [0.05, 0.1) is 12.1 Å². The van der Waals surface area contributed by atoms with Crippen LogP contribution in [-0.4, -0.2) is 36.3 Å². The van der Waals surface area contributed by atoms with E-state index in [2.05, 4.69) is 60.7 Å². The number of hydrogen-bond donors (Lipinski definition) is 3. The summed E-state index contributed by atoms with van der Waals surface area (Å²) in [6, 6.07) is 8.68. The molecule has 0 amide bonds. The minimum Gasteiger partial charge on any atom is -0.388 e. The Labute approximate surface area is 140 Å². The average Bonchev–Trinajstić information content (AvgIpc) is 2.97. The fraction of sp³-hybridized carbons (Fsp3) is 0.632. The number of rotatable bonds is 6. The summed E-state index contributed by atoms with van der Waals surface area (Å²) >= 11 is 0. The van der Waals surface area contributed by atoms with Crippen LogP contribution in [0.25, 0.3) is 0 Å². The summed E-state index contributed by atoms with van der Waals surface area (Å²) in [6.45, 7) is 8.52. The van der Waals surface area contributed by atoms with Gasteiger partial charge in [0.25, 0.3) is 0 Å². The third-order valence-corrected chi connectivity index (χ3v) is 4.63. The topological polar surface area (TPSA) is 56.7 Å². The highest BCUT2D eigenvalue weighted by molar-refractivity contribution is 5.79. The van der Waals surface area contributed by atoms with Gasteiger partial charge in [0.2, 0.25) is 0 Å². The average molecular weight is 317 g/mol. The first-order chi connectivity index (χ1) is 11.0. The van der Waals surface area contributed by atoms with Crippen LogP contribution in [0.5, 0.6) is 0 Å². The van der Waals surface area contributed by atoms with Crippen LogP contribution in [0.3, 0.4) is 0 Å². The minimum atomic E-state index is -0.592. The predicted molar refractivity (Wildman–Crippen MR) is 97.0 cm³/mol. The Kier molecular flexibility index (Phi) is 6.46. The van der Waals surface area contributed by atoms with Gasteiger partial charge in [-0.1, -0.05) is 49.6 Å². The zero-order chi connectivity index (χ0) is 16.7. The SMILES string of the molecule is CCNC(=NCC1(O)CCCC1)NCC(C)c1ccc(C)cc1. The molecular weight excluding hydrogens is 286 g/mol. The smallest absolute Gasteiger partial charge is 0.191 e. The van der Waals surface area contributed by atoms with Crippen LogP contribution < -0.4 is 10.6 Å². The largest absolute Gasteiger partial charge is 0.388 e. The Morgan fingerprint density at radius 1 is 1.22 bits per heavy atom. The molecule has 1 aliphatic rings. The second-order valence-electron chi connectivity index (χ2n) is 6.82. The van der Waals surface area contributed by atoms with Gasteiger partial charge in [0.15, 0.2) is 5.96 Å². The first-order valence-corrected chi connectivity index (χ1v) is 8.83. The lowest BCUT2D eigenvalue weighted by molar-refractivity contribution is 0.0574. The number of aliphatic hydroxyl groups is 1. The molecule has 0 spiro atoms. The first kappa shape index (κ1) is 17.8. The van der Waals surface area contributed by atoms with Crippen molar-refractivity contribution in [3.05, 3.63) is 35.4 Å². The third kappa shape index (κ3) is 5.54. The van der Waals surface area contributed by atoms with Gasteiger partial charge in [-0.3, -0.25) is 4.99 Å². The summed E-state index contributed by atoms with van der Waals surface area (Å²) in [6.07, 6.45) is 3.96. The van der Waals surface area contributed by atoms with Crippen molar-refractivity contribution in [2.45, 2.75) is 58.0 Å². The van der Waals surface area contributed by atoms with E-state index in [1.54, 1.807) is 0 Å². The molecule has 2 rings (SSSR count). The number of nitrogens with one attached hydrogen (secondary N) is 2. The molecule has 3 N–H and O–H groups in total. The number of aryl methyl sites for hydroxylation is 1. The lowest BCUT2D eigenvalue weighted by Gasteiger charge is -2.21. The van der Waals surface area contributed by atoms with Crippen molar-refractivity contribution in [1.29, 1.82) is 0 Å². The van der Waals surface area contributed by atoms with E-state index >= 15 is 0 Å². The fourth-order valence-corrected chi connectivity index (χ4v) is 3.02. The molecule has 1 unspecified atom stereocenters. The minimum absolute atomic E-state index is 0.411. The summed E-state index contributed by atoms with van der Waals surface area (Å²) in [4.78, 5) is 4.59. The van der Waals surface area contributed by atoms with Crippen molar-refractivity contribution in [1.82, 2.24) is 10.6 Å². The highest BCUT2D eigenvalue weighted by Crippen LogP contribution is 2.29. The van der Waals surface area contributed by atoms with Crippen molar-refractivity contribution in [2.24, 2.45) is 4.99 Å². The number of hydrogen-bond acceptors (Lipinski definition) is 2. The Hall–Kier alpha value is -1.55. The molecule has 0 saturated heterocycles. The van der Waals surface area contributed by atoms with E-state index in [0.717, 1.165) is 44.7 Å². The summed E-state index contributed by atoms with van der Waals surface area (Å²) in [7, 11) is 0. The fourth-order valence-electron chi connectivity index (χ4n) is 3.02. The van der Waals surface area contributed by atoms with Gasteiger partial charge in [0.1, 0.15) is 0 Å². The molecule has 128 valence electrons. The van der Waals surface area contributed by atoms with E-state index in [4.69, 9.17) is 0 Å². The van der Waals surface area contributed by atoms with E-state index in [9.17, 15) is 5.11 Å². The van der Waals surface area contributed by atoms with Gasteiger partial charge in [-0.05, 0) is 38.2 Å². The lowest BCUT2D eigenvalue weighted by atomic mass is 10.0.